The number of hydrogen-bond acceptors (Lipinski definition) is 9. The van der Waals surface area contributed by atoms with Crippen molar-refractivity contribution in [2.24, 2.45) is 5.92 Å². The number of fused-ring (bicyclic) bond motifs is 2. The number of nitrogens with two attached hydrogens (primary N) is 1. The van der Waals surface area contributed by atoms with E-state index in [-0.39, 0.29) is 36.1 Å². The Labute approximate surface area is 288 Å². The van der Waals surface area contributed by atoms with E-state index in [2.05, 4.69) is 45.6 Å². The number of carbonyl (C=O) groups is 1. The molecule has 4 atom stereocenters. The van der Waals surface area contributed by atoms with Gasteiger partial charge in [-0.1, -0.05) is 12.1 Å². The molecule has 0 spiro atoms. The number of benzene rings is 1. The molecule has 48 heavy (non-hydrogen) atoms. The number of nitrogens with zero attached hydrogens (tertiary/aromatic N) is 6. The molecule has 1 aliphatic carbocycles. The molecular formula is C34H44BrFN8O4. The van der Waals surface area contributed by atoms with Crippen LogP contribution < -0.4 is 10.6 Å². The van der Waals surface area contributed by atoms with Crippen LogP contribution >= 0.6 is 15.9 Å². The first kappa shape index (κ1) is 34.1. The Morgan fingerprint density at radius 2 is 1.90 bits per heavy atom. The maximum atomic E-state index is 13.5. The molecule has 1 aromatic carbocycles. The minimum Gasteiger partial charge on any atom is -0.444 e. The van der Waals surface area contributed by atoms with Crippen LogP contribution in [0.15, 0.2) is 53.7 Å². The predicted molar refractivity (Wildman–Crippen MR) is 184 cm³/mol. The van der Waals surface area contributed by atoms with Crippen LogP contribution in [0.25, 0.3) is 11.0 Å². The van der Waals surface area contributed by atoms with Crippen molar-refractivity contribution in [3.8, 4) is 0 Å². The third kappa shape index (κ3) is 7.60. The lowest BCUT2D eigenvalue weighted by molar-refractivity contribution is -0.159. The summed E-state index contributed by atoms with van der Waals surface area (Å²) in [4.78, 5) is 26.0. The molecule has 258 valence electrons. The highest BCUT2D eigenvalue weighted by Gasteiger charge is 2.55. The fourth-order valence-corrected chi connectivity index (χ4v) is 7.29. The molecule has 4 aromatic rings. The van der Waals surface area contributed by atoms with Crippen LogP contribution in [0.2, 0.25) is 0 Å². The number of halogens is 2. The van der Waals surface area contributed by atoms with Crippen molar-refractivity contribution in [1.29, 1.82) is 0 Å². The van der Waals surface area contributed by atoms with Gasteiger partial charge in [0.25, 0.3) is 0 Å². The van der Waals surface area contributed by atoms with Gasteiger partial charge in [-0.05, 0) is 93.6 Å². The van der Waals surface area contributed by atoms with E-state index in [9.17, 15) is 9.18 Å². The Balaban J connectivity index is 1.19. The van der Waals surface area contributed by atoms with Gasteiger partial charge in [0, 0.05) is 38.3 Å². The number of carbonyl (C=O) groups excluding carboxylic acids is 1. The number of nitrogen functional groups attached to an aromatic ring is 1. The van der Waals surface area contributed by atoms with Crippen LogP contribution in [0.5, 0.6) is 0 Å². The lowest BCUT2D eigenvalue weighted by atomic mass is 10.0. The molecule has 2 fully saturated rings. The smallest absolute Gasteiger partial charge is 0.410 e. The number of anilines is 2. The quantitative estimate of drug-likeness (QED) is 0.188. The monoisotopic (exact) mass is 726 g/mol. The molecule has 3 N–H and O–H groups in total. The van der Waals surface area contributed by atoms with Crippen LogP contribution in [0, 0.1) is 11.7 Å². The topological polar surface area (TPSA) is 137 Å². The highest BCUT2D eigenvalue weighted by molar-refractivity contribution is 9.10. The van der Waals surface area contributed by atoms with Crippen LogP contribution in [-0.4, -0.2) is 85.5 Å². The Morgan fingerprint density at radius 3 is 2.60 bits per heavy atom. The number of nitrogens with one attached hydrogen (secondary N) is 1. The van der Waals surface area contributed by atoms with Crippen molar-refractivity contribution in [1.82, 2.24) is 29.6 Å². The predicted octanol–water partition coefficient (Wildman–Crippen LogP) is 6.10. The van der Waals surface area contributed by atoms with Crippen LogP contribution in [-0.2, 0) is 20.6 Å². The van der Waals surface area contributed by atoms with E-state index < -0.39 is 11.4 Å². The Morgan fingerprint density at radius 1 is 1.15 bits per heavy atom. The van der Waals surface area contributed by atoms with E-state index in [0.717, 1.165) is 33.3 Å². The van der Waals surface area contributed by atoms with Gasteiger partial charge in [-0.15, -0.1) is 0 Å². The maximum Gasteiger partial charge on any atom is 0.410 e. The number of aromatic nitrogens is 5. The van der Waals surface area contributed by atoms with Gasteiger partial charge in [0.05, 0.1) is 29.4 Å². The largest absolute Gasteiger partial charge is 0.444 e. The van der Waals surface area contributed by atoms with Gasteiger partial charge < -0.3 is 34.3 Å². The first-order valence-corrected chi connectivity index (χ1v) is 17.2. The van der Waals surface area contributed by atoms with Gasteiger partial charge >= 0.3 is 6.09 Å². The Kier molecular flexibility index (Phi) is 9.69. The summed E-state index contributed by atoms with van der Waals surface area (Å²) in [6.45, 7) is 11.7. The molecule has 1 aliphatic heterocycles. The summed E-state index contributed by atoms with van der Waals surface area (Å²) >= 11 is 3.64. The zero-order valence-electron chi connectivity index (χ0n) is 28.0. The third-order valence-electron chi connectivity index (χ3n) is 8.91. The molecule has 3 aromatic heterocycles. The summed E-state index contributed by atoms with van der Waals surface area (Å²) in [7, 11) is 0. The van der Waals surface area contributed by atoms with Crippen molar-refractivity contribution < 1.29 is 23.4 Å². The molecule has 1 amide bonds. The Bertz CT molecular complexity index is 1720. The second-order valence-corrected chi connectivity index (χ2v) is 14.9. The molecule has 1 saturated carbocycles. The summed E-state index contributed by atoms with van der Waals surface area (Å²) in [6, 6.07) is 8.31. The normalized spacial score (nSPS) is 21.8. The summed E-state index contributed by atoms with van der Waals surface area (Å²) in [5.74, 6) is -0.460. The van der Waals surface area contributed by atoms with Gasteiger partial charge in [-0.25, -0.2) is 19.2 Å². The SMILES string of the molecule is CC(C)(C)OC(=O)N(CCCN(C[C@H]1C[C@@H](n2ccc3c(N)ncnc32)[C@@H]2OC(C)(C)O[C@H]12)c1cn[nH]c1Br)CCc1ccc(F)cc1. The highest BCUT2D eigenvalue weighted by atomic mass is 79.9. The minimum atomic E-state index is -0.733. The molecule has 0 bridgehead atoms. The van der Waals surface area contributed by atoms with E-state index in [1.54, 1.807) is 17.0 Å². The summed E-state index contributed by atoms with van der Waals surface area (Å²) < 4.78 is 35.2. The third-order valence-corrected chi connectivity index (χ3v) is 9.49. The van der Waals surface area contributed by atoms with Crippen molar-refractivity contribution in [2.45, 2.75) is 83.5 Å². The number of rotatable bonds is 11. The van der Waals surface area contributed by atoms with Gasteiger partial charge in [0.1, 0.15) is 39.9 Å². The minimum absolute atomic E-state index is 0.0164. The molecule has 6 rings (SSSR count). The van der Waals surface area contributed by atoms with Crippen LogP contribution in [0.1, 0.15) is 59.1 Å². The molecule has 12 nitrogen and oxygen atoms in total. The average Bonchev–Trinajstić information content (AvgIpc) is 3.78. The molecule has 1 saturated heterocycles. The number of aromatic amines is 1. The molecule has 4 heterocycles. The average molecular weight is 728 g/mol. The highest BCUT2D eigenvalue weighted by Crippen LogP contribution is 2.48. The van der Waals surface area contributed by atoms with E-state index in [0.29, 0.717) is 44.8 Å². The van der Waals surface area contributed by atoms with Crippen molar-refractivity contribution in [3.05, 3.63) is 65.0 Å². The lowest BCUT2D eigenvalue weighted by Gasteiger charge is -2.31. The number of amides is 1. The number of ether oxygens (including phenoxy) is 3. The molecule has 2 aliphatic rings. The maximum absolute atomic E-state index is 13.5. The second-order valence-electron chi connectivity index (χ2n) is 14.1. The van der Waals surface area contributed by atoms with Crippen LogP contribution in [0.4, 0.5) is 20.7 Å². The van der Waals surface area contributed by atoms with E-state index >= 15 is 0 Å². The number of H-pyrrole nitrogens is 1. The first-order valence-electron chi connectivity index (χ1n) is 16.4. The summed E-state index contributed by atoms with van der Waals surface area (Å²) in [5.41, 5.74) is 8.18. The van der Waals surface area contributed by atoms with E-state index in [4.69, 9.17) is 19.9 Å². The van der Waals surface area contributed by atoms with Gasteiger partial charge in [-0.2, -0.15) is 5.10 Å². The molecular weight excluding hydrogens is 683 g/mol. The summed E-state index contributed by atoms with van der Waals surface area (Å²) in [6.07, 6.45) is 6.67. The standard InChI is InChI=1S/C34H44BrFN8O4/c1-33(2,3)48-32(45)42(15-11-21-7-9-23(36)10-8-21)13-6-14-43(26-18-40-41-29(26)35)19-22-17-25(28-27(22)46-34(4,5)47-28)44-16-12-24-30(37)38-20-39-31(24)44/h7-10,12,16,18,20,22,25,27-28H,6,11,13-15,17,19H2,1-5H3,(H,40,41)(H2,37,38,39)/t22-,25-,27-,28+/m1/s1. The van der Waals surface area contributed by atoms with Gasteiger partial charge in [-0.3, -0.25) is 5.10 Å². The molecule has 14 heteroatoms. The van der Waals surface area contributed by atoms with Crippen molar-refractivity contribution in [3.63, 3.8) is 0 Å². The van der Waals surface area contributed by atoms with Crippen molar-refractivity contribution >= 4 is 44.6 Å². The Hall–Kier alpha value is -3.75. The number of hydrogen-bond donors (Lipinski definition) is 2. The zero-order chi connectivity index (χ0) is 34.2. The lowest BCUT2D eigenvalue weighted by Crippen LogP contribution is -2.41. The fourth-order valence-electron chi connectivity index (χ4n) is 6.83. The fraction of sp³-hybridized carbons (Fsp3) is 0.529. The van der Waals surface area contributed by atoms with E-state index in [1.807, 2.05) is 53.1 Å². The van der Waals surface area contributed by atoms with Gasteiger partial charge in [0.2, 0.25) is 0 Å². The zero-order valence-corrected chi connectivity index (χ0v) is 29.6. The van der Waals surface area contributed by atoms with Gasteiger partial charge in [0.15, 0.2) is 5.79 Å². The summed E-state index contributed by atoms with van der Waals surface area (Å²) in [5, 5.41) is 8.09. The first-order chi connectivity index (χ1) is 22.8. The van der Waals surface area contributed by atoms with Crippen molar-refractivity contribution in [2.75, 3.05) is 36.8 Å². The molecule has 0 radical (unpaired) electrons. The van der Waals surface area contributed by atoms with Crippen LogP contribution in [0.3, 0.4) is 0 Å². The second kappa shape index (κ2) is 13.6. The molecule has 0 unspecified atom stereocenters. The van der Waals surface area contributed by atoms with E-state index in [1.165, 1.54) is 18.5 Å².